The Hall–Kier alpha value is -2.21. The van der Waals surface area contributed by atoms with Crippen molar-refractivity contribution in [2.24, 2.45) is 11.8 Å². The van der Waals surface area contributed by atoms with Crippen LogP contribution in [-0.2, 0) is 20.9 Å². The topological polar surface area (TPSA) is 69.7 Å². The van der Waals surface area contributed by atoms with Crippen molar-refractivity contribution in [3.8, 4) is 0 Å². The normalized spacial score (nSPS) is 25.9. The monoisotopic (exact) mass is 397 g/mol. The SMILES string of the molecule is O=C(CCN1C(=O)[C@H]2CCCC[C@H]2C1=O)NC1CCN(Cc2ccccc2)CC1. The summed E-state index contributed by atoms with van der Waals surface area (Å²) in [4.78, 5) is 41.2. The van der Waals surface area contributed by atoms with Crippen molar-refractivity contribution in [2.75, 3.05) is 19.6 Å². The summed E-state index contributed by atoms with van der Waals surface area (Å²) in [6.07, 6.45) is 5.77. The maximum absolute atomic E-state index is 12.5. The molecule has 2 heterocycles. The molecule has 0 aromatic heterocycles. The predicted molar refractivity (Wildman–Crippen MR) is 110 cm³/mol. The average Bonchev–Trinajstić information content (AvgIpc) is 2.99. The number of benzene rings is 1. The lowest BCUT2D eigenvalue weighted by Crippen LogP contribution is -2.45. The Bertz CT molecular complexity index is 719. The number of nitrogens with zero attached hydrogens (tertiary/aromatic N) is 2. The van der Waals surface area contributed by atoms with Gasteiger partial charge in [-0.2, -0.15) is 0 Å². The number of hydrogen-bond donors (Lipinski definition) is 1. The molecule has 4 rings (SSSR count). The average molecular weight is 398 g/mol. The van der Waals surface area contributed by atoms with Crippen LogP contribution < -0.4 is 5.32 Å². The Morgan fingerprint density at radius 2 is 1.55 bits per heavy atom. The van der Waals surface area contributed by atoms with Gasteiger partial charge in [0.1, 0.15) is 0 Å². The lowest BCUT2D eigenvalue weighted by atomic mass is 9.81. The van der Waals surface area contributed by atoms with Crippen LogP contribution in [0.3, 0.4) is 0 Å². The molecule has 0 unspecified atom stereocenters. The van der Waals surface area contributed by atoms with Gasteiger partial charge in [0.05, 0.1) is 11.8 Å². The summed E-state index contributed by atoms with van der Waals surface area (Å²) < 4.78 is 0. The molecule has 3 aliphatic rings. The molecule has 1 N–H and O–H groups in total. The molecular weight excluding hydrogens is 366 g/mol. The van der Waals surface area contributed by atoms with Gasteiger partial charge in [0.25, 0.3) is 0 Å². The minimum absolute atomic E-state index is 0.0537. The number of imide groups is 1. The predicted octanol–water partition coefficient (Wildman–Crippen LogP) is 2.33. The first kappa shape index (κ1) is 20.1. The van der Waals surface area contributed by atoms with Gasteiger partial charge in [-0.1, -0.05) is 43.2 Å². The van der Waals surface area contributed by atoms with E-state index in [4.69, 9.17) is 0 Å². The van der Waals surface area contributed by atoms with E-state index >= 15 is 0 Å². The molecule has 1 aromatic rings. The molecule has 2 atom stereocenters. The Morgan fingerprint density at radius 1 is 0.931 bits per heavy atom. The first-order valence-electron chi connectivity index (χ1n) is 11.0. The minimum Gasteiger partial charge on any atom is -0.353 e. The lowest BCUT2D eigenvalue weighted by molar-refractivity contribution is -0.140. The second-order valence-electron chi connectivity index (χ2n) is 8.68. The highest BCUT2D eigenvalue weighted by molar-refractivity contribution is 6.05. The van der Waals surface area contributed by atoms with E-state index in [9.17, 15) is 14.4 Å². The summed E-state index contributed by atoms with van der Waals surface area (Å²) in [7, 11) is 0. The highest BCUT2D eigenvalue weighted by atomic mass is 16.2. The van der Waals surface area contributed by atoms with Crippen molar-refractivity contribution in [3.05, 3.63) is 35.9 Å². The molecule has 2 saturated heterocycles. The Balaban J connectivity index is 1.19. The van der Waals surface area contributed by atoms with Gasteiger partial charge >= 0.3 is 0 Å². The molecule has 1 saturated carbocycles. The highest BCUT2D eigenvalue weighted by Gasteiger charge is 2.47. The first-order chi connectivity index (χ1) is 14.1. The van der Waals surface area contributed by atoms with Crippen LogP contribution in [0.4, 0.5) is 0 Å². The van der Waals surface area contributed by atoms with E-state index in [2.05, 4.69) is 34.5 Å². The van der Waals surface area contributed by atoms with E-state index < -0.39 is 0 Å². The summed E-state index contributed by atoms with van der Waals surface area (Å²) >= 11 is 0. The van der Waals surface area contributed by atoms with Crippen LogP contribution in [0.5, 0.6) is 0 Å². The lowest BCUT2D eigenvalue weighted by Gasteiger charge is -2.32. The summed E-state index contributed by atoms with van der Waals surface area (Å²) in [6.45, 7) is 3.10. The van der Waals surface area contributed by atoms with E-state index in [1.807, 2.05) is 6.07 Å². The van der Waals surface area contributed by atoms with Gasteiger partial charge in [-0.25, -0.2) is 0 Å². The Labute approximate surface area is 172 Å². The highest BCUT2D eigenvalue weighted by Crippen LogP contribution is 2.37. The van der Waals surface area contributed by atoms with Crippen molar-refractivity contribution in [1.29, 1.82) is 0 Å². The van der Waals surface area contributed by atoms with Crippen LogP contribution in [0.2, 0.25) is 0 Å². The zero-order valence-electron chi connectivity index (χ0n) is 17.0. The number of likely N-dealkylation sites (tertiary alicyclic amines) is 2. The quantitative estimate of drug-likeness (QED) is 0.748. The van der Waals surface area contributed by atoms with Crippen molar-refractivity contribution in [3.63, 3.8) is 0 Å². The molecule has 1 aliphatic carbocycles. The standard InChI is InChI=1S/C23H31N3O3/c27-21(12-15-26-22(28)19-8-4-5-9-20(19)23(26)29)24-18-10-13-25(14-11-18)16-17-6-2-1-3-7-17/h1-3,6-7,18-20H,4-5,8-16H2,(H,24,27)/t19-,20+. The number of carbonyl (C=O) groups is 3. The second-order valence-corrected chi connectivity index (χ2v) is 8.68. The summed E-state index contributed by atoms with van der Waals surface area (Å²) in [5.74, 6) is -0.424. The van der Waals surface area contributed by atoms with Crippen LogP contribution >= 0.6 is 0 Å². The van der Waals surface area contributed by atoms with Gasteiger partial charge in [0.15, 0.2) is 0 Å². The number of hydrogen-bond acceptors (Lipinski definition) is 4. The van der Waals surface area contributed by atoms with Gasteiger partial charge in [0, 0.05) is 38.6 Å². The minimum atomic E-state index is -0.131. The van der Waals surface area contributed by atoms with E-state index in [-0.39, 0.29) is 48.6 Å². The number of nitrogens with one attached hydrogen (secondary N) is 1. The largest absolute Gasteiger partial charge is 0.353 e. The van der Waals surface area contributed by atoms with Gasteiger partial charge in [0.2, 0.25) is 17.7 Å². The fourth-order valence-corrected chi connectivity index (χ4v) is 5.04. The number of amides is 3. The number of carbonyl (C=O) groups excluding carboxylic acids is 3. The molecule has 2 aliphatic heterocycles. The van der Waals surface area contributed by atoms with E-state index in [1.54, 1.807) is 0 Å². The van der Waals surface area contributed by atoms with Crippen LogP contribution in [-0.4, -0.2) is 53.2 Å². The molecule has 156 valence electrons. The molecule has 3 amide bonds. The molecule has 6 heteroatoms. The zero-order chi connectivity index (χ0) is 20.2. The third kappa shape index (κ3) is 4.69. The summed E-state index contributed by atoms with van der Waals surface area (Å²) in [5, 5.41) is 3.10. The molecule has 0 bridgehead atoms. The molecule has 1 aromatic carbocycles. The molecular formula is C23H31N3O3. The van der Waals surface area contributed by atoms with Gasteiger partial charge < -0.3 is 5.32 Å². The van der Waals surface area contributed by atoms with Crippen molar-refractivity contribution in [1.82, 2.24) is 15.1 Å². The van der Waals surface area contributed by atoms with Crippen LogP contribution in [0.1, 0.15) is 50.5 Å². The molecule has 3 fully saturated rings. The summed E-state index contributed by atoms with van der Waals surface area (Å²) in [5.41, 5.74) is 1.32. The number of fused-ring (bicyclic) bond motifs is 1. The van der Waals surface area contributed by atoms with Crippen molar-refractivity contribution in [2.45, 2.75) is 57.5 Å². The Morgan fingerprint density at radius 3 is 2.17 bits per heavy atom. The summed E-state index contributed by atoms with van der Waals surface area (Å²) in [6, 6.07) is 10.6. The van der Waals surface area contributed by atoms with Crippen LogP contribution in [0.25, 0.3) is 0 Å². The van der Waals surface area contributed by atoms with Crippen molar-refractivity contribution < 1.29 is 14.4 Å². The van der Waals surface area contributed by atoms with Gasteiger partial charge in [-0.05, 0) is 31.2 Å². The fourth-order valence-electron chi connectivity index (χ4n) is 5.04. The fraction of sp³-hybridized carbons (Fsp3) is 0.609. The van der Waals surface area contributed by atoms with E-state index in [0.717, 1.165) is 58.2 Å². The van der Waals surface area contributed by atoms with Crippen LogP contribution in [0, 0.1) is 11.8 Å². The third-order valence-corrected chi connectivity index (χ3v) is 6.70. The second kappa shape index (κ2) is 9.08. The van der Waals surface area contributed by atoms with Gasteiger partial charge in [-0.3, -0.25) is 24.2 Å². The molecule has 29 heavy (non-hydrogen) atoms. The maximum atomic E-state index is 12.5. The zero-order valence-corrected chi connectivity index (χ0v) is 17.0. The smallest absolute Gasteiger partial charge is 0.233 e. The number of rotatable bonds is 6. The Kier molecular flexibility index (Phi) is 6.28. The van der Waals surface area contributed by atoms with Crippen LogP contribution in [0.15, 0.2) is 30.3 Å². The third-order valence-electron chi connectivity index (χ3n) is 6.70. The maximum Gasteiger partial charge on any atom is 0.233 e. The number of piperidine rings is 1. The van der Waals surface area contributed by atoms with E-state index in [1.165, 1.54) is 10.5 Å². The van der Waals surface area contributed by atoms with E-state index in [0.29, 0.717) is 0 Å². The van der Waals surface area contributed by atoms with Crippen molar-refractivity contribution >= 4 is 17.7 Å². The van der Waals surface area contributed by atoms with Gasteiger partial charge in [-0.15, -0.1) is 0 Å². The first-order valence-corrected chi connectivity index (χ1v) is 11.0. The molecule has 6 nitrogen and oxygen atoms in total. The molecule has 0 radical (unpaired) electrons. The molecule has 0 spiro atoms.